The first kappa shape index (κ1) is 20.4. The molecule has 0 saturated carbocycles. The van der Waals surface area contributed by atoms with Gasteiger partial charge in [-0.2, -0.15) is 0 Å². The zero-order chi connectivity index (χ0) is 21.6. The maximum atomic E-state index is 12.8. The Morgan fingerprint density at radius 2 is 1.87 bits per heavy atom. The minimum absolute atomic E-state index is 0.125. The quantitative estimate of drug-likeness (QED) is 0.407. The molecule has 160 valence electrons. The number of nitrogens with zero attached hydrogens (tertiary/aromatic N) is 2. The summed E-state index contributed by atoms with van der Waals surface area (Å²) in [6, 6.07) is 10.7. The van der Waals surface area contributed by atoms with Crippen LogP contribution in [0.4, 0.5) is 28.6 Å². The lowest BCUT2D eigenvalue weighted by atomic mass is 10.1. The molecule has 4 rings (SSSR count). The Balaban J connectivity index is 1.63. The predicted octanol–water partition coefficient (Wildman–Crippen LogP) is 3.69. The third-order valence-corrected chi connectivity index (χ3v) is 4.75. The maximum absolute atomic E-state index is 12.8. The molecule has 0 spiro atoms. The number of hydrogen-bond acceptors (Lipinski definition) is 8. The van der Waals surface area contributed by atoms with Gasteiger partial charge in [-0.25, -0.2) is 9.97 Å². The molecule has 31 heavy (non-hydrogen) atoms. The normalized spacial score (nSPS) is 12.0. The van der Waals surface area contributed by atoms with Crippen LogP contribution in [0.3, 0.4) is 0 Å². The number of ether oxygens (including phenoxy) is 2. The second-order valence-corrected chi connectivity index (χ2v) is 6.89. The van der Waals surface area contributed by atoms with Gasteiger partial charge in [0.2, 0.25) is 0 Å². The Kier molecular flexibility index (Phi) is 6.13. The van der Waals surface area contributed by atoms with Crippen molar-refractivity contribution in [1.82, 2.24) is 9.97 Å². The average molecular weight is 421 g/mol. The van der Waals surface area contributed by atoms with Crippen LogP contribution in [-0.4, -0.2) is 41.3 Å². The molecule has 0 radical (unpaired) electrons. The Morgan fingerprint density at radius 3 is 2.65 bits per heavy atom. The van der Waals surface area contributed by atoms with Crippen LogP contribution in [0.15, 0.2) is 48.9 Å². The van der Waals surface area contributed by atoms with E-state index in [2.05, 4.69) is 25.9 Å². The second kappa shape index (κ2) is 9.31. The number of rotatable bonds is 8. The topological polar surface area (TPSA) is 118 Å². The average Bonchev–Trinajstić information content (AvgIpc) is 2.91. The van der Waals surface area contributed by atoms with E-state index in [0.29, 0.717) is 53.0 Å². The first-order chi connectivity index (χ1) is 15.2. The van der Waals surface area contributed by atoms with Crippen molar-refractivity contribution >= 4 is 34.5 Å². The number of carbonyl (C=O) groups is 1. The molecule has 9 nitrogen and oxygen atoms in total. The molecule has 0 aliphatic carbocycles. The number of methoxy groups -OCH3 is 1. The highest BCUT2D eigenvalue weighted by atomic mass is 16.5. The molecule has 0 unspecified atom stereocenters. The van der Waals surface area contributed by atoms with Gasteiger partial charge < -0.3 is 30.5 Å². The zero-order valence-corrected chi connectivity index (χ0v) is 17.0. The summed E-state index contributed by atoms with van der Waals surface area (Å²) in [4.78, 5) is 20.8. The van der Waals surface area contributed by atoms with Crippen LogP contribution in [0.1, 0.15) is 23.2 Å². The number of hydrogen-bond donors (Lipinski definition) is 4. The van der Waals surface area contributed by atoms with Gasteiger partial charge in [-0.05, 0) is 37.1 Å². The largest absolute Gasteiger partial charge is 0.493 e. The molecule has 1 aromatic heterocycles. The van der Waals surface area contributed by atoms with Crippen LogP contribution >= 0.6 is 0 Å². The minimum atomic E-state index is -0.228. The van der Waals surface area contributed by atoms with Crippen molar-refractivity contribution in [2.75, 3.05) is 36.3 Å². The van der Waals surface area contributed by atoms with Crippen molar-refractivity contribution < 1.29 is 19.4 Å². The Bertz CT molecular complexity index is 1070. The van der Waals surface area contributed by atoms with Gasteiger partial charge in [0.1, 0.15) is 12.1 Å². The lowest BCUT2D eigenvalue weighted by Crippen LogP contribution is -2.11. The van der Waals surface area contributed by atoms with Crippen LogP contribution in [0.5, 0.6) is 11.5 Å². The van der Waals surface area contributed by atoms with Crippen molar-refractivity contribution in [3.05, 3.63) is 54.5 Å². The van der Waals surface area contributed by atoms with Gasteiger partial charge in [0, 0.05) is 30.6 Å². The van der Waals surface area contributed by atoms with Gasteiger partial charge in [0.05, 0.1) is 36.3 Å². The maximum Gasteiger partial charge on any atom is 0.257 e. The SMILES string of the molecule is COc1cc2c(cc1OCCCCO)Nc1cc(Nc3ccncn3)ccc1C(=O)N2. The number of aliphatic hydroxyl groups is 1. The summed E-state index contributed by atoms with van der Waals surface area (Å²) in [5.74, 6) is 1.49. The molecular formula is C22H23N5O4. The van der Waals surface area contributed by atoms with Crippen LogP contribution in [0, 0.1) is 0 Å². The molecule has 4 N–H and O–H groups in total. The number of carbonyl (C=O) groups excluding carboxylic acids is 1. The summed E-state index contributed by atoms with van der Waals surface area (Å²) < 4.78 is 11.3. The summed E-state index contributed by atoms with van der Waals surface area (Å²) in [5.41, 5.74) is 3.20. The predicted molar refractivity (Wildman–Crippen MR) is 118 cm³/mol. The third-order valence-electron chi connectivity index (χ3n) is 4.75. The molecule has 0 fully saturated rings. The van der Waals surface area contributed by atoms with E-state index in [-0.39, 0.29) is 12.5 Å². The number of aromatic nitrogens is 2. The van der Waals surface area contributed by atoms with Crippen molar-refractivity contribution in [3.63, 3.8) is 0 Å². The number of benzene rings is 2. The Labute approximate surface area is 179 Å². The second-order valence-electron chi connectivity index (χ2n) is 6.89. The van der Waals surface area contributed by atoms with E-state index in [9.17, 15) is 4.79 Å². The fourth-order valence-electron chi connectivity index (χ4n) is 3.21. The van der Waals surface area contributed by atoms with Gasteiger partial charge in [-0.3, -0.25) is 4.79 Å². The van der Waals surface area contributed by atoms with Crippen LogP contribution in [-0.2, 0) is 0 Å². The number of nitrogens with one attached hydrogen (secondary N) is 3. The smallest absolute Gasteiger partial charge is 0.257 e. The fourth-order valence-corrected chi connectivity index (χ4v) is 3.21. The molecule has 1 aliphatic rings. The highest BCUT2D eigenvalue weighted by molar-refractivity contribution is 6.12. The molecular weight excluding hydrogens is 398 g/mol. The van der Waals surface area contributed by atoms with Gasteiger partial charge in [0.15, 0.2) is 11.5 Å². The lowest BCUT2D eigenvalue weighted by Gasteiger charge is -2.16. The van der Waals surface area contributed by atoms with E-state index < -0.39 is 0 Å². The summed E-state index contributed by atoms with van der Waals surface area (Å²) in [5, 5.41) is 18.4. The molecule has 9 heteroatoms. The molecule has 0 bridgehead atoms. The lowest BCUT2D eigenvalue weighted by molar-refractivity contribution is 0.102. The number of fused-ring (bicyclic) bond motifs is 2. The van der Waals surface area contributed by atoms with Crippen molar-refractivity contribution in [2.45, 2.75) is 12.8 Å². The monoisotopic (exact) mass is 421 g/mol. The van der Waals surface area contributed by atoms with Gasteiger partial charge in [-0.15, -0.1) is 0 Å². The van der Waals surface area contributed by atoms with Crippen LogP contribution in [0.25, 0.3) is 0 Å². The van der Waals surface area contributed by atoms with Crippen molar-refractivity contribution in [1.29, 1.82) is 0 Å². The summed E-state index contributed by atoms with van der Waals surface area (Å²) in [7, 11) is 1.55. The summed E-state index contributed by atoms with van der Waals surface area (Å²) >= 11 is 0. The van der Waals surface area contributed by atoms with E-state index >= 15 is 0 Å². The first-order valence-electron chi connectivity index (χ1n) is 9.89. The van der Waals surface area contributed by atoms with E-state index in [0.717, 1.165) is 12.1 Å². The van der Waals surface area contributed by atoms with Crippen molar-refractivity contribution in [2.24, 2.45) is 0 Å². The highest BCUT2D eigenvalue weighted by Crippen LogP contribution is 2.41. The highest BCUT2D eigenvalue weighted by Gasteiger charge is 2.22. The van der Waals surface area contributed by atoms with E-state index in [4.69, 9.17) is 14.6 Å². The number of anilines is 5. The molecule has 1 aliphatic heterocycles. The van der Waals surface area contributed by atoms with E-state index in [1.54, 1.807) is 37.6 Å². The molecule has 0 atom stereocenters. The number of aliphatic hydroxyl groups excluding tert-OH is 1. The molecule has 2 heterocycles. The molecule has 0 saturated heterocycles. The molecule has 1 amide bonds. The number of amides is 1. The molecule has 2 aromatic carbocycles. The number of unbranched alkanes of at least 4 members (excludes halogenated alkanes) is 1. The molecule has 3 aromatic rings. The zero-order valence-electron chi connectivity index (χ0n) is 17.0. The third kappa shape index (κ3) is 4.67. The first-order valence-corrected chi connectivity index (χ1v) is 9.89. The van der Waals surface area contributed by atoms with E-state index in [1.165, 1.54) is 6.33 Å². The van der Waals surface area contributed by atoms with Gasteiger partial charge in [-0.1, -0.05) is 0 Å². The van der Waals surface area contributed by atoms with Gasteiger partial charge in [0.25, 0.3) is 5.91 Å². The minimum Gasteiger partial charge on any atom is -0.493 e. The Hall–Kier alpha value is -3.85. The van der Waals surface area contributed by atoms with Gasteiger partial charge >= 0.3 is 0 Å². The standard InChI is InChI=1S/C22H23N5O4/c1-30-19-11-18-17(12-20(19)31-9-3-2-8-28)26-16-10-14(4-5-15(16)22(29)27-18)25-21-6-7-23-13-24-21/h4-7,10-13,26,28H,2-3,8-9H2,1H3,(H,27,29)(H,23,24,25). The van der Waals surface area contributed by atoms with E-state index in [1.807, 2.05) is 12.1 Å². The summed E-state index contributed by atoms with van der Waals surface area (Å²) in [6.45, 7) is 0.575. The van der Waals surface area contributed by atoms with Crippen molar-refractivity contribution in [3.8, 4) is 11.5 Å². The summed E-state index contributed by atoms with van der Waals surface area (Å²) in [6.07, 6.45) is 4.50. The fraction of sp³-hybridized carbons (Fsp3) is 0.227. The van der Waals surface area contributed by atoms with Crippen LogP contribution in [0.2, 0.25) is 0 Å². The Morgan fingerprint density at radius 1 is 1.03 bits per heavy atom. The van der Waals surface area contributed by atoms with Crippen LogP contribution < -0.4 is 25.4 Å².